The van der Waals surface area contributed by atoms with Crippen molar-refractivity contribution in [1.82, 2.24) is 25.1 Å². The summed E-state index contributed by atoms with van der Waals surface area (Å²) in [5.41, 5.74) is 1.81. The van der Waals surface area contributed by atoms with E-state index in [2.05, 4.69) is 20.8 Å². The molecule has 200 valence electrons. The molecule has 1 unspecified atom stereocenters. The lowest BCUT2D eigenvalue weighted by Crippen LogP contribution is -2.34. The third-order valence-corrected chi connectivity index (χ3v) is 6.81. The van der Waals surface area contributed by atoms with E-state index < -0.39 is 6.04 Å². The molecule has 0 bridgehead atoms. The van der Waals surface area contributed by atoms with Gasteiger partial charge in [0.15, 0.2) is 18.1 Å². The number of nitrogens with one attached hydrogen (secondary N) is 1. The highest BCUT2D eigenvalue weighted by molar-refractivity contribution is 5.92. The predicted octanol–water partition coefficient (Wildman–Crippen LogP) is 3.48. The van der Waals surface area contributed by atoms with Crippen molar-refractivity contribution < 1.29 is 23.8 Å². The average Bonchev–Trinajstić information content (AvgIpc) is 3.36. The second kappa shape index (κ2) is 12.1. The maximum absolute atomic E-state index is 13.5. The number of nitrogens with zero attached hydrogens (tertiary/aromatic N) is 5. The Bertz CT molecular complexity index is 1140. The number of anilines is 1. The number of esters is 1. The molecular weight excluding hydrogens is 476 g/mol. The molecule has 0 saturated heterocycles. The Kier molecular flexibility index (Phi) is 8.62. The number of carbonyl (C=O) groups is 2. The van der Waals surface area contributed by atoms with Crippen molar-refractivity contribution in [2.45, 2.75) is 71.9 Å². The van der Waals surface area contributed by atoms with Crippen LogP contribution in [0, 0.1) is 0 Å². The van der Waals surface area contributed by atoms with Crippen LogP contribution < -0.4 is 14.8 Å². The number of benzene rings is 1. The smallest absolute Gasteiger partial charge is 0.338 e. The minimum Gasteiger partial charge on any atom is -0.490 e. The number of aromatic nitrogens is 4. The molecule has 1 aliphatic heterocycles. The van der Waals surface area contributed by atoms with Gasteiger partial charge < -0.3 is 24.4 Å². The maximum Gasteiger partial charge on any atom is 0.338 e. The van der Waals surface area contributed by atoms with E-state index in [1.807, 2.05) is 39.8 Å². The van der Waals surface area contributed by atoms with Crippen molar-refractivity contribution >= 4 is 17.8 Å². The van der Waals surface area contributed by atoms with Gasteiger partial charge in [0.1, 0.15) is 12.1 Å². The quantitative estimate of drug-likeness (QED) is 0.477. The minimum atomic E-state index is -0.618. The molecule has 1 aromatic heterocycles. The van der Waals surface area contributed by atoms with E-state index in [-0.39, 0.29) is 24.6 Å². The van der Waals surface area contributed by atoms with Crippen LogP contribution >= 0.6 is 0 Å². The Hall–Kier alpha value is -3.63. The summed E-state index contributed by atoms with van der Waals surface area (Å²) in [6.45, 7) is 9.10. The Morgan fingerprint density at radius 1 is 1.08 bits per heavy atom. The van der Waals surface area contributed by atoms with Crippen molar-refractivity contribution in [3.8, 4) is 11.5 Å². The van der Waals surface area contributed by atoms with Crippen LogP contribution in [0.15, 0.2) is 29.5 Å². The molecule has 2 heterocycles. The van der Waals surface area contributed by atoms with Gasteiger partial charge >= 0.3 is 5.97 Å². The van der Waals surface area contributed by atoms with E-state index >= 15 is 0 Å². The zero-order valence-electron chi connectivity index (χ0n) is 22.0. The lowest BCUT2D eigenvalue weighted by molar-refractivity contribution is -0.146. The lowest BCUT2D eigenvalue weighted by atomic mass is 9.94. The van der Waals surface area contributed by atoms with Gasteiger partial charge in [-0.2, -0.15) is 4.68 Å². The van der Waals surface area contributed by atoms with E-state index in [9.17, 15) is 9.59 Å². The predicted molar refractivity (Wildman–Crippen MR) is 136 cm³/mol. The Balaban J connectivity index is 1.64. The normalized spacial score (nSPS) is 17.6. The van der Waals surface area contributed by atoms with Gasteiger partial charge in [0.2, 0.25) is 5.95 Å². The van der Waals surface area contributed by atoms with E-state index in [1.165, 1.54) is 6.42 Å². The van der Waals surface area contributed by atoms with Gasteiger partial charge in [-0.1, -0.05) is 17.6 Å². The van der Waals surface area contributed by atoms with E-state index in [0.717, 1.165) is 31.2 Å². The van der Waals surface area contributed by atoms with Crippen molar-refractivity contribution in [3.63, 3.8) is 0 Å². The number of rotatable bonds is 10. The number of amides is 1. The number of hydrogen-bond donors (Lipinski definition) is 1. The topological polar surface area (TPSA) is 121 Å². The fourth-order valence-corrected chi connectivity index (χ4v) is 4.87. The van der Waals surface area contributed by atoms with Crippen molar-refractivity contribution in [1.29, 1.82) is 0 Å². The molecular formula is C26H36N6O5. The van der Waals surface area contributed by atoms with Gasteiger partial charge in [-0.15, -0.1) is 0 Å². The molecule has 11 nitrogen and oxygen atoms in total. The number of ether oxygens (including phenoxy) is 3. The largest absolute Gasteiger partial charge is 0.490 e. The molecule has 1 saturated carbocycles. The first-order valence-electron chi connectivity index (χ1n) is 13.1. The standard InChI is InChI=1S/C26H36N6O5/c1-5-31(6-2)22(33)16-36-20-14-13-18(15-21(20)35-7-3)24-23(17(4)27-26-28-29-30-32(24)26)25(34)37-19-11-9-8-10-12-19/h13-15,19,24H,5-12,16H2,1-4H3,(H,27,28,30). The second-order valence-corrected chi connectivity index (χ2v) is 9.17. The zero-order chi connectivity index (χ0) is 26.4. The highest BCUT2D eigenvalue weighted by atomic mass is 16.5. The Labute approximate surface area is 217 Å². The first kappa shape index (κ1) is 26.4. The number of hydrogen-bond acceptors (Lipinski definition) is 9. The number of tetrazole rings is 1. The third-order valence-electron chi connectivity index (χ3n) is 6.81. The molecule has 2 aliphatic rings. The molecule has 1 amide bonds. The number of allylic oxidation sites excluding steroid dienone is 1. The van der Waals surface area contributed by atoms with Gasteiger partial charge in [0.25, 0.3) is 5.91 Å². The van der Waals surface area contributed by atoms with Crippen molar-refractivity contribution in [3.05, 3.63) is 35.0 Å². The molecule has 4 rings (SSSR count). The highest BCUT2D eigenvalue weighted by Gasteiger charge is 2.36. The second-order valence-electron chi connectivity index (χ2n) is 9.17. The highest BCUT2D eigenvalue weighted by Crippen LogP contribution is 2.39. The van der Waals surface area contributed by atoms with Crippen molar-refractivity contribution in [2.24, 2.45) is 0 Å². The monoisotopic (exact) mass is 512 g/mol. The number of carbonyl (C=O) groups excluding carboxylic acids is 2. The van der Waals surface area contributed by atoms with Crippen LogP contribution in [0.4, 0.5) is 5.95 Å². The third kappa shape index (κ3) is 5.86. The molecule has 1 fully saturated rings. The van der Waals surface area contributed by atoms with E-state index in [4.69, 9.17) is 14.2 Å². The molecule has 0 radical (unpaired) electrons. The maximum atomic E-state index is 13.5. The van der Waals surface area contributed by atoms with E-state index in [1.54, 1.807) is 15.6 Å². The first-order valence-corrected chi connectivity index (χ1v) is 13.1. The summed E-state index contributed by atoms with van der Waals surface area (Å²) >= 11 is 0. The van der Waals surface area contributed by atoms with Crippen LogP contribution in [0.5, 0.6) is 11.5 Å². The van der Waals surface area contributed by atoms with Crippen LogP contribution in [0.2, 0.25) is 0 Å². The molecule has 37 heavy (non-hydrogen) atoms. The summed E-state index contributed by atoms with van der Waals surface area (Å²) in [6.07, 6.45) is 4.95. The molecule has 1 aromatic carbocycles. The van der Waals surface area contributed by atoms with Crippen LogP contribution in [0.25, 0.3) is 0 Å². The van der Waals surface area contributed by atoms with Crippen molar-refractivity contribution in [2.75, 3.05) is 31.6 Å². The molecule has 0 spiro atoms. The Morgan fingerprint density at radius 3 is 2.54 bits per heavy atom. The zero-order valence-corrected chi connectivity index (χ0v) is 22.0. The lowest BCUT2D eigenvalue weighted by Gasteiger charge is -2.30. The molecule has 1 N–H and O–H groups in total. The summed E-state index contributed by atoms with van der Waals surface area (Å²) < 4.78 is 19.2. The average molecular weight is 513 g/mol. The van der Waals surface area contributed by atoms with Crippen LogP contribution in [0.1, 0.15) is 71.4 Å². The molecule has 11 heteroatoms. The summed E-state index contributed by atoms with van der Waals surface area (Å²) in [5.74, 6) is 0.868. The molecule has 1 atom stereocenters. The Morgan fingerprint density at radius 2 is 1.84 bits per heavy atom. The number of fused-ring (bicyclic) bond motifs is 1. The van der Waals surface area contributed by atoms with Gasteiger partial charge in [0, 0.05) is 18.8 Å². The first-order chi connectivity index (χ1) is 18.0. The molecule has 1 aliphatic carbocycles. The summed E-state index contributed by atoms with van der Waals surface area (Å²) in [7, 11) is 0. The van der Waals surface area contributed by atoms with Gasteiger partial charge in [0.05, 0.1) is 12.2 Å². The summed E-state index contributed by atoms with van der Waals surface area (Å²) in [5, 5.41) is 15.1. The van der Waals surface area contributed by atoms with Crippen LogP contribution in [-0.4, -0.2) is 69.4 Å². The van der Waals surface area contributed by atoms with Gasteiger partial charge in [-0.05, 0) is 81.5 Å². The fraction of sp³-hybridized carbons (Fsp3) is 0.577. The van der Waals surface area contributed by atoms with Gasteiger partial charge in [-0.3, -0.25) is 4.79 Å². The van der Waals surface area contributed by atoms with Gasteiger partial charge in [-0.25, -0.2) is 4.79 Å². The SMILES string of the molecule is CCOc1cc(C2C(C(=O)OC3CCCCC3)=C(C)Nc3nnnn32)ccc1OCC(=O)N(CC)CC. The fourth-order valence-electron chi connectivity index (χ4n) is 4.87. The van der Waals surface area contributed by atoms with Crippen LogP contribution in [-0.2, 0) is 14.3 Å². The summed E-state index contributed by atoms with van der Waals surface area (Å²) in [6, 6.07) is 4.78. The minimum absolute atomic E-state index is 0.0874. The van der Waals surface area contributed by atoms with Crippen LogP contribution in [0.3, 0.4) is 0 Å². The summed E-state index contributed by atoms with van der Waals surface area (Å²) in [4.78, 5) is 27.6. The number of likely N-dealkylation sites (N-methyl/N-ethyl adjacent to an activating group) is 1. The molecule has 2 aromatic rings. The van der Waals surface area contributed by atoms with E-state index in [0.29, 0.717) is 48.4 Å².